The van der Waals surface area contributed by atoms with Crippen LogP contribution in [0.1, 0.15) is 18.2 Å². The van der Waals surface area contributed by atoms with Crippen molar-refractivity contribution in [1.29, 1.82) is 5.26 Å². The van der Waals surface area contributed by atoms with Crippen LogP contribution in [0, 0.1) is 17.2 Å². The number of nitrogens with two attached hydrogens (primary N) is 1. The van der Waals surface area contributed by atoms with Gasteiger partial charge in [-0.15, -0.1) is 0 Å². The van der Waals surface area contributed by atoms with Crippen LogP contribution >= 0.6 is 0 Å². The summed E-state index contributed by atoms with van der Waals surface area (Å²) in [7, 11) is 0. The Morgan fingerprint density at radius 3 is 2.57 bits per heavy atom. The third-order valence-corrected chi connectivity index (χ3v) is 3.85. The summed E-state index contributed by atoms with van der Waals surface area (Å²) >= 11 is 0. The highest BCUT2D eigenvalue weighted by Crippen LogP contribution is 2.21. The van der Waals surface area contributed by atoms with Gasteiger partial charge >= 0.3 is 0 Å². The van der Waals surface area contributed by atoms with Crippen molar-refractivity contribution >= 4 is 11.6 Å². The molecule has 3 rings (SSSR count). The van der Waals surface area contributed by atoms with E-state index >= 15 is 0 Å². The molecule has 5 nitrogen and oxygen atoms in total. The quantitative estimate of drug-likeness (QED) is 0.803. The monoisotopic (exact) mass is 304 g/mol. The van der Waals surface area contributed by atoms with Crippen molar-refractivity contribution in [2.75, 3.05) is 0 Å². The number of imidazole rings is 1. The Balaban J connectivity index is 1.92. The lowest BCUT2D eigenvalue weighted by atomic mass is 10.1. The van der Waals surface area contributed by atoms with E-state index in [4.69, 9.17) is 11.0 Å². The molecule has 1 amide bonds. The van der Waals surface area contributed by atoms with E-state index in [0.29, 0.717) is 12.0 Å². The van der Waals surface area contributed by atoms with Crippen molar-refractivity contribution in [1.82, 2.24) is 9.38 Å². The first-order valence-corrected chi connectivity index (χ1v) is 7.34. The molecular formula is C18H16N4O. The van der Waals surface area contributed by atoms with Crippen molar-refractivity contribution in [2.45, 2.75) is 13.3 Å². The van der Waals surface area contributed by atoms with Crippen LogP contribution in [-0.4, -0.2) is 15.3 Å². The second-order valence-corrected chi connectivity index (χ2v) is 5.61. The summed E-state index contributed by atoms with van der Waals surface area (Å²) in [6.45, 7) is 1.80. The summed E-state index contributed by atoms with van der Waals surface area (Å²) in [5.74, 6) is -0.557. The van der Waals surface area contributed by atoms with Gasteiger partial charge < -0.3 is 10.1 Å². The van der Waals surface area contributed by atoms with E-state index in [-0.39, 0.29) is 11.8 Å². The van der Waals surface area contributed by atoms with Crippen LogP contribution < -0.4 is 5.73 Å². The molecule has 0 aliphatic heterocycles. The summed E-state index contributed by atoms with van der Waals surface area (Å²) < 4.78 is 1.94. The Morgan fingerprint density at radius 1 is 1.22 bits per heavy atom. The van der Waals surface area contributed by atoms with E-state index in [9.17, 15) is 4.79 Å². The fourth-order valence-electron chi connectivity index (χ4n) is 2.46. The highest BCUT2D eigenvalue weighted by Gasteiger charge is 2.12. The molecule has 1 aromatic carbocycles. The van der Waals surface area contributed by atoms with Crippen LogP contribution in [0.15, 0.2) is 48.8 Å². The lowest BCUT2D eigenvalue weighted by molar-refractivity contribution is -0.121. The molecule has 0 fully saturated rings. The number of hydrogen-bond acceptors (Lipinski definition) is 3. The summed E-state index contributed by atoms with van der Waals surface area (Å²) in [5, 5.41) is 8.86. The van der Waals surface area contributed by atoms with Gasteiger partial charge in [0.05, 0.1) is 17.3 Å². The molecule has 0 radical (unpaired) electrons. The summed E-state index contributed by atoms with van der Waals surface area (Å²) in [4.78, 5) is 15.7. The molecule has 5 heteroatoms. The Morgan fingerprint density at radius 2 is 1.91 bits per heavy atom. The minimum atomic E-state index is -0.319. The SMILES string of the molecule is CC(Cc1cn2cc(-c3ccc(C#N)cc3)ccc2n1)C(N)=O. The van der Waals surface area contributed by atoms with Crippen molar-refractivity contribution in [3.8, 4) is 17.2 Å². The van der Waals surface area contributed by atoms with E-state index in [1.54, 1.807) is 19.1 Å². The van der Waals surface area contributed by atoms with Crippen LogP contribution in [-0.2, 0) is 11.2 Å². The van der Waals surface area contributed by atoms with Crippen LogP contribution in [0.2, 0.25) is 0 Å². The van der Waals surface area contributed by atoms with Crippen LogP contribution in [0.5, 0.6) is 0 Å². The maximum absolute atomic E-state index is 11.2. The lowest BCUT2D eigenvalue weighted by Gasteiger charge is -2.03. The van der Waals surface area contributed by atoms with E-state index in [1.807, 2.05) is 41.1 Å². The van der Waals surface area contributed by atoms with Crippen molar-refractivity contribution in [2.24, 2.45) is 11.7 Å². The normalized spacial score (nSPS) is 12.0. The molecule has 1 atom stereocenters. The van der Waals surface area contributed by atoms with Gasteiger partial charge in [-0.2, -0.15) is 5.26 Å². The predicted molar refractivity (Wildman–Crippen MR) is 87.4 cm³/mol. The molecule has 0 aliphatic carbocycles. The number of carbonyl (C=O) groups is 1. The van der Waals surface area contributed by atoms with Gasteiger partial charge in [0.2, 0.25) is 5.91 Å². The first kappa shape index (κ1) is 14.8. The second kappa shape index (κ2) is 5.93. The van der Waals surface area contributed by atoms with Gasteiger partial charge in [0.1, 0.15) is 5.65 Å². The molecule has 23 heavy (non-hydrogen) atoms. The first-order valence-electron chi connectivity index (χ1n) is 7.34. The van der Waals surface area contributed by atoms with Gasteiger partial charge in [-0.1, -0.05) is 19.1 Å². The number of benzene rings is 1. The minimum absolute atomic E-state index is 0.238. The number of nitrogens with zero attached hydrogens (tertiary/aromatic N) is 3. The number of primary amides is 1. The lowest BCUT2D eigenvalue weighted by Crippen LogP contribution is -2.22. The Kier molecular flexibility index (Phi) is 3.82. The van der Waals surface area contributed by atoms with Gasteiger partial charge in [0, 0.05) is 24.7 Å². The number of aromatic nitrogens is 2. The average molecular weight is 304 g/mol. The van der Waals surface area contributed by atoms with Gasteiger partial charge in [-0.05, 0) is 35.4 Å². The van der Waals surface area contributed by atoms with Crippen LogP contribution in [0.25, 0.3) is 16.8 Å². The summed E-state index contributed by atoms with van der Waals surface area (Å²) in [6.07, 6.45) is 4.44. The number of pyridine rings is 1. The zero-order valence-electron chi connectivity index (χ0n) is 12.7. The summed E-state index contributed by atoms with van der Waals surface area (Å²) in [5.41, 5.74) is 9.68. The number of amides is 1. The molecule has 0 spiro atoms. The van der Waals surface area contributed by atoms with Crippen molar-refractivity contribution in [3.63, 3.8) is 0 Å². The van der Waals surface area contributed by atoms with Crippen LogP contribution in [0.3, 0.4) is 0 Å². The fraction of sp³-hybridized carbons (Fsp3) is 0.167. The largest absolute Gasteiger partial charge is 0.369 e. The molecule has 3 aromatic rings. The maximum atomic E-state index is 11.2. The molecule has 0 saturated heterocycles. The molecule has 2 aromatic heterocycles. The van der Waals surface area contributed by atoms with Crippen LogP contribution in [0.4, 0.5) is 0 Å². The summed E-state index contributed by atoms with van der Waals surface area (Å²) in [6, 6.07) is 13.5. The van der Waals surface area contributed by atoms with Gasteiger partial charge in [0.15, 0.2) is 0 Å². The third kappa shape index (κ3) is 3.06. The van der Waals surface area contributed by atoms with E-state index < -0.39 is 0 Å². The van der Waals surface area contributed by atoms with Gasteiger partial charge in [-0.3, -0.25) is 4.79 Å². The molecular weight excluding hydrogens is 288 g/mol. The topological polar surface area (TPSA) is 84.2 Å². The number of hydrogen-bond donors (Lipinski definition) is 1. The number of fused-ring (bicyclic) bond motifs is 1. The smallest absolute Gasteiger partial charge is 0.220 e. The van der Waals surface area contributed by atoms with Gasteiger partial charge in [0.25, 0.3) is 0 Å². The second-order valence-electron chi connectivity index (χ2n) is 5.61. The minimum Gasteiger partial charge on any atom is -0.369 e. The van der Waals surface area contributed by atoms with E-state index in [2.05, 4.69) is 11.1 Å². The number of nitriles is 1. The molecule has 0 aliphatic rings. The Hall–Kier alpha value is -3.13. The molecule has 0 saturated carbocycles. The number of rotatable bonds is 4. The maximum Gasteiger partial charge on any atom is 0.220 e. The van der Waals surface area contributed by atoms with E-state index in [0.717, 1.165) is 22.5 Å². The molecule has 0 bridgehead atoms. The van der Waals surface area contributed by atoms with Crippen molar-refractivity contribution < 1.29 is 4.79 Å². The Bertz CT molecular complexity index is 903. The standard InChI is InChI=1S/C18H16N4O/c1-12(18(20)23)8-16-11-22-10-15(6-7-17(22)21-16)14-4-2-13(9-19)3-5-14/h2-7,10-12H,8H2,1H3,(H2,20,23). The molecule has 2 heterocycles. The fourth-order valence-corrected chi connectivity index (χ4v) is 2.46. The predicted octanol–water partition coefficient (Wildman–Crippen LogP) is 2.54. The molecule has 114 valence electrons. The van der Waals surface area contributed by atoms with E-state index in [1.165, 1.54) is 0 Å². The highest BCUT2D eigenvalue weighted by atomic mass is 16.1. The zero-order valence-corrected chi connectivity index (χ0v) is 12.7. The average Bonchev–Trinajstić information content (AvgIpc) is 2.96. The van der Waals surface area contributed by atoms with Crippen molar-refractivity contribution in [3.05, 3.63) is 60.0 Å². The van der Waals surface area contributed by atoms with Gasteiger partial charge in [-0.25, -0.2) is 4.98 Å². The zero-order chi connectivity index (χ0) is 16.4. The highest BCUT2D eigenvalue weighted by molar-refractivity contribution is 5.76. The molecule has 2 N–H and O–H groups in total. The Labute approximate surface area is 134 Å². The third-order valence-electron chi connectivity index (χ3n) is 3.85. The number of carbonyl (C=O) groups excluding carboxylic acids is 1. The molecule has 1 unspecified atom stereocenters. The first-order chi connectivity index (χ1) is 11.1.